The van der Waals surface area contributed by atoms with Crippen LogP contribution in [0.2, 0.25) is 0 Å². The minimum atomic E-state index is -4.79. The smallest absolute Gasteiger partial charge is 0.425 e. The molecule has 2 aromatic rings. The van der Waals surface area contributed by atoms with E-state index in [-0.39, 0.29) is 17.1 Å². The fourth-order valence-corrected chi connectivity index (χ4v) is 3.31. The molecule has 32 heavy (non-hydrogen) atoms. The van der Waals surface area contributed by atoms with E-state index in [0.29, 0.717) is 6.61 Å². The molecule has 7 nitrogen and oxygen atoms in total. The molecule has 172 valence electrons. The summed E-state index contributed by atoms with van der Waals surface area (Å²) in [7, 11) is 0. The molecular weight excluding hydrogens is 439 g/mol. The van der Waals surface area contributed by atoms with E-state index in [1.165, 1.54) is 19.3 Å². The van der Waals surface area contributed by atoms with E-state index >= 15 is 0 Å². The van der Waals surface area contributed by atoms with Gasteiger partial charge in [0, 0.05) is 18.4 Å². The van der Waals surface area contributed by atoms with Crippen molar-refractivity contribution < 1.29 is 36.2 Å². The Hall–Kier alpha value is -3.31. The molecule has 0 unspecified atom stereocenters. The lowest BCUT2D eigenvalue weighted by Gasteiger charge is -2.36. The zero-order chi connectivity index (χ0) is 23.7. The van der Waals surface area contributed by atoms with Crippen LogP contribution in [0.5, 0.6) is 5.88 Å². The summed E-state index contributed by atoms with van der Waals surface area (Å²) in [6, 6.07) is 1.08. The Labute approximate surface area is 179 Å². The second-order valence-corrected chi connectivity index (χ2v) is 7.29. The normalized spacial score (nSPS) is 21.0. The van der Waals surface area contributed by atoms with Gasteiger partial charge in [0.2, 0.25) is 5.88 Å². The van der Waals surface area contributed by atoms with E-state index in [2.05, 4.69) is 19.7 Å². The molecule has 2 atom stereocenters. The zero-order valence-corrected chi connectivity index (χ0v) is 17.0. The number of nitrogens with two attached hydrogens (primary N) is 1. The maximum atomic E-state index is 14.6. The van der Waals surface area contributed by atoms with Gasteiger partial charge in [0.1, 0.15) is 5.69 Å². The first-order chi connectivity index (χ1) is 14.9. The first-order valence-corrected chi connectivity index (χ1v) is 9.48. The van der Waals surface area contributed by atoms with Gasteiger partial charge in [-0.25, -0.2) is 23.7 Å². The summed E-state index contributed by atoms with van der Waals surface area (Å²) in [6.45, 7) is 3.28. The van der Waals surface area contributed by atoms with E-state index in [0.717, 1.165) is 12.1 Å². The van der Waals surface area contributed by atoms with E-state index in [1.807, 2.05) is 0 Å². The van der Waals surface area contributed by atoms with E-state index < -0.39 is 59.7 Å². The number of carbonyl (C=O) groups excluding carboxylic acids is 1. The molecule has 0 fully saturated rings. The number of aliphatic imine (C=N–C) groups is 1. The second-order valence-electron chi connectivity index (χ2n) is 7.29. The number of halogens is 5. The topological polar surface area (TPSA) is 99.7 Å². The Morgan fingerprint density at radius 2 is 2.00 bits per heavy atom. The van der Waals surface area contributed by atoms with Gasteiger partial charge in [-0.1, -0.05) is 0 Å². The second kappa shape index (κ2) is 8.67. The summed E-state index contributed by atoms with van der Waals surface area (Å²) in [5.41, 5.74) is 3.01. The number of rotatable bonds is 6. The summed E-state index contributed by atoms with van der Waals surface area (Å²) in [5, 5.41) is 0. The largest absolute Gasteiger partial charge is 0.477 e. The molecule has 1 aromatic carbocycles. The Bertz CT molecular complexity index is 1040. The maximum Gasteiger partial charge on any atom is 0.425 e. The van der Waals surface area contributed by atoms with Crippen LogP contribution in [0.3, 0.4) is 0 Å². The quantitative estimate of drug-likeness (QED) is 0.526. The zero-order valence-electron chi connectivity index (χ0n) is 17.0. The van der Waals surface area contributed by atoms with Crippen LogP contribution in [-0.2, 0) is 16.7 Å². The minimum absolute atomic E-state index is 0.0182. The average Bonchev–Trinajstić information content (AvgIpc) is 2.70. The van der Waals surface area contributed by atoms with Crippen LogP contribution in [-0.4, -0.2) is 40.7 Å². The fourth-order valence-electron chi connectivity index (χ4n) is 3.31. The fraction of sp³-hybridized carbons (Fsp3) is 0.400. The minimum Gasteiger partial charge on any atom is -0.477 e. The van der Waals surface area contributed by atoms with Crippen molar-refractivity contribution in [3.63, 3.8) is 0 Å². The van der Waals surface area contributed by atoms with Crippen molar-refractivity contribution in [1.29, 1.82) is 0 Å². The van der Waals surface area contributed by atoms with Gasteiger partial charge in [0.25, 0.3) is 6.02 Å². The standard InChI is InChI=1S/C20H19F5N4O3/c1-3-31-16-9-27-13(8-28-16)14(30)6-10-4-11(17(22)12(21)5-10)19(2)7-15(20(23,24)25)32-18(26)29-19/h4-5,8-9,15H,3,6-7H2,1-2H3,(H2,26,29)/t15-,19-/m0/s1. The molecule has 1 aromatic heterocycles. The predicted octanol–water partition coefficient (Wildman–Crippen LogP) is 3.46. The average molecular weight is 458 g/mol. The number of amidine groups is 1. The van der Waals surface area contributed by atoms with Gasteiger partial charge in [-0.05, 0) is 31.5 Å². The highest BCUT2D eigenvalue weighted by Gasteiger charge is 2.50. The van der Waals surface area contributed by atoms with Crippen LogP contribution >= 0.6 is 0 Å². The van der Waals surface area contributed by atoms with Crippen LogP contribution in [0.1, 0.15) is 41.9 Å². The molecule has 2 N–H and O–H groups in total. The summed E-state index contributed by atoms with van der Waals surface area (Å²) in [4.78, 5) is 24.1. The number of hydrogen-bond acceptors (Lipinski definition) is 7. The van der Waals surface area contributed by atoms with Gasteiger partial charge in [-0.2, -0.15) is 13.2 Å². The first-order valence-electron chi connectivity index (χ1n) is 9.48. The van der Waals surface area contributed by atoms with Crippen molar-refractivity contribution >= 4 is 11.8 Å². The lowest BCUT2D eigenvalue weighted by atomic mass is 9.84. The van der Waals surface area contributed by atoms with E-state index in [4.69, 9.17) is 10.5 Å². The molecule has 0 saturated heterocycles. The highest BCUT2D eigenvalue weighted by Crippen LogP contribution is 2.41. The maximum absolute atomic E-state index is 14.6. The molecule has 0 aliphatic carbocycles. The van der Waals surface area contributed by atoms with Gasteiger partial charge in [-0.15, -0.1) is 0 Å². The third-order valence-corrected chi connectivity index (χ3v) is 4.81. The number of aromatic nitrogens is 2. The van der Waals surface area contributed by atoms with Crippen LogP contribution in [0, 0.1) is 11.6 Å². The van der Waals surface area contributed by atoms with Gasteiger partial charge >= 0.3 is 6.18 Å². The number of ether oxygens (including phenoxy) is 2. The third kappa shape index (κ3) is 4.94. The Kier molecular flexibility index (Phi) is 6.33. The monoisotopic (exact) mass is 458 g/mol. The molecule has 12 heteroatoms. The van der Waals surface area contributed by atoms with Gasteiger partial charge in [-0.3, -0.25) is 4.79 Å². The summed E-state index contributed by atoms with van der Waals surface area (Å²) < 4.78 is 78.2. The van der Waals surface area contributed by atoms with Crippen molar-refractivity contribution in [2.75, 3.05) is 6.61 Å². The molecule has 0 bridgehead atoms. The van der Waals surface area contributed by atoms with Gasteiger partial charge in [0.15, 0.2) is 23.5 Å². The predicted molar refractivity (Wildman–Crippen MR) is 102 cm³/mol. The Balaban J connectivity index is 1.92. The molecule has 0 amide bonds. The Morgan fingerprint density at radius 3 is 2.59 bits per heavy atom. The number of ketones is 1. The van der Waals surface area contributed by atoms with Crippen LogP contribution in [0.15, 0.2) is 29.5 Å². The molecule has 0 saturated carbocycles. The SMILES string of the molecule is CCOc1cnc(C(=O)Cc2cc(F)c(F)c([C@]3(C)C[C@@H](C(F)(F)F)OC(N)=N3)c2)cn1. The van der Waals surface area contributed by atoms with Crippen molar-refractivity contribution in [1.82, 2.24) is 9.97 Å². The number of nitrogens with zero attached hydrogens (tertiary/aromatic N) is 3. The number of hydrogen-bond donors (Lipinski definition) is 1. The lowest BCUT2D eigenvalue weighted by Crippen LogP contribution is -2.46. The van der Waals surface area contributed by atoms with Crippen LogP contribution in [0.25, 0.3) is 0 Å². The van der Waals surface area contributed by atoms with E-state index in [9.17, 15) is 26.7 Å². The van der Waals surface area contributed by atoms with E-state index in [1.54, 1.807) is 6.92 Å². The Morgan fingerprint density at radius 1 is 1.28 bits per heavy atom. The van der Waals surface area contributed by atoms with Crippen molar-refractivity contribution in [2.45, 2.75) is 44.5 Å². The van der Waals surface area contributed by atoms with Crippen molar-refractivity contribution in [3.05, 3.63) is 53.0 Å². The lowest BCUT2D eigenvalue weighted by molar-refractivity contribution is -0.208. The number of Topliss-reactive ketones (excluding diaryl/α,β-unsaturated/α-hetero) is 1. The highest BCUT2D eigenvalue weighted by atomic mass is 19.4. The molecule has 2 heterocycles. The van der Waals surface area contributed by atoms with Crippen LogP contribution in [0.4, 0.5) is 22.0 Å². The first kappa shape index (κ1) is 23.4. The van der Waals surface area contributed by atoms with Gasteiger partial charge in [0.05, 0.1) is 24.5 Å². The highest BCUT2D eigenvalue weighted by molar-refractivity contribution is 5.95. The molecule has 3 rings (SSSR count). The van der Waals surface area contributed by atoms with Crippen molar-refractivity contribution in [2.24, 2.45) is 10.7 Å². The van der Waals surface area contributed by atoms with Crippen molar-refractivity contribution in [3.8, 4) is 5.88 Å². The molecule has 0 radical (unpaired) electrons. The number of benzene rings is 1. The summed E-state index contributed by atoms with van der Waals surface area (Å²) >= 11 is 0. The number of carbonyl (C=O) groups is 1. The van der Waals surface area contributed by atoms with Crippen LogP contribution < -0.4 is 10.5 Å². The summed E-state index contributed by atoms with van der Waals surface area (Å²) in [6.07, 6.45) is -5.96. The molecule has 1 aliphatic heterocycles. The number of alkyl halides is 3. The third-order valence-electron chi connectivity index (χ3n) is 4.81. The molecular formula is C20H19F5N4O3. The molecule has 1 aliphatic rings. The van der Waals surface area contributed by atoms with Gasteiger partial charge < -0.3 is 15.2 Å². The molecule has 0 spiro atoms. The summed E-state index contributed by atoms with van der Waals surface area (Å²) in [5.74, 6) is -3.08.